The summed E-state index contributed by atoms with van der Waals surface area (Å²) in [6.07, 6.45) is -0.970. The Labute approximate surface area is 255 Å². The number of piperazine rings is 1. The summed E-state index contributed by atoms with van der Waals surface area (Å²) in [5.41, 5.74) is 12.1. The van der Waals surface area contributed by atoms with Crippen LogP contribution in [-0.4, -0.2) is 75.3 Å². The number of rotatable bonds is 6. The van der Waals surface area contributed by atoms with Gasteiger partial charge in [-0.15, -0.1) is 0 Å². The Morgan fingerprint density at radius 2 is 1.59 bits per heavy atom. The lowest BCUT2D eigenvalue weighted by Gasteiger charge is -2.34. The van der Waals surface area contributed by atoms with Crippen LogP contribution in [0, 0.1) is 6.92 Å². The van der Waals surface area contributed by atoms with E-state index in [1.807, 2.05) is 31.1 Å². The van der Waals surface area contributed by atoms with Crippen molar-refractivity contribution in [1.82, 2.24) is 9.88 Å². The lowest BCUT2D eigenvalue weighted by Crippen LogP contribution is -2.44. The zero-order valence-electron chi connectivity index (χ0n) is 25.0. The van der Waals surface area contributed by atoms with E-state index in [0.29, 0.717) is 35.8 Å². The molecule has 2 aliphatic rings. The number of ether oxygens (including phenoxy) is 1. The number of likely N-dealkylation sites (N-methyl/N-ethyl adjacent to an activating group) is 1. The molecule has 0 bridgehead atoms. The smallest absolute Gasteiger partial charge is 0.399 e. The van der Waals surface area contributed by atoms with Crippen LogP contribution in [0.4, 0.5) is 35.9 Å². The quantitative estimate of drug-likeness (QED) is 0.240. The fraction of sp³-hybridized carbons (Fsp3) is 0.355. The third-order valence-corrected chi connectivity index (χ3v) is 7.50. The van der Waals surface area contributed by atoms with Gasteiger partial charge in [-0.25, -0.2) is 0 Å². The second kappa shape index (κ2) is 14.4. The number of hydrogen-bond acceptors (Lipinski definition) is 9. The van der Waals surface area contributed by atoms with Crippen LogP contribution in [-0.2, 0) is 10.9 Å². The minimum absolute atomic E-state index is 0.0448. The zero-order chi connectivity index (χ0) is 31.9. The molecule has 1 aromatic heterocycles. The van der Waals surface area contributed by atoms with Crippen molar-refractivity contribution in [2.24, 2.45) is 11.6 Å². The van der Waals surface area contributed by atoms with Gasteiger partial charge in [0, 0.05) is 73.7 Å². The molecular formula is C31H39F3N8O2. The second-order valence-electron chi connectivity index (χ2n) is 10.7. The molecule has 3 aromatic rings. The number of nitrogens with two attached hydrogens (primary N) is 2. The number of nitrogens with zero attached hydrogens (tertiary/aromatic N) is 4. The predicted molar refractivity (Wildman–Crippen MR) is 169 cm³/mol. The fourth-order valence-corrected chi connectivity index (χ4v) is 4.81. The van der Waals surface area contributed by atoms with Crippen molar-refractivity contribution in [3.05, 3.63) is 83.7 Å². The van der Waals surface area contributed by atoms with E-state index in [9.17, 15) is 18.0 Å². The average Bonchev–Trinajstić information content (AvgIpc) is 3.02. The molecule has 6 N–H and O–H groups in total. The maximum absolute atomic E-state index is 13.4. The lowest BCUT2D eigenvalue weighted by molar-refractivity contribution is -0.137. The van der Waals surface area contributed by atoms with Crippen molar-refractivity contribution in [1.29, 1.82) is 0 Å². The highest BCUT2D eigenvalue weighted by molar-refractivity contribution is 6.05. The number of nitrogen functional groups attached to an aromatic ring is 1. The van der Waals surface area contributed by atoms with Crippen LogP contribution in [0.2, 0.25) is 0 Å². The van der Waals surface area contributed by atoms with E-state index in [1.165, 1.54) is 6.07 Å². The number of hydrazine groups is 1. The Morgan fingerprint density at radius 3 is 2.23 bits per heavy atom. The van der Waals surface area contributed by atoms with Crippen molar-refractivity contribution < 1.29 is 22.7 Å². The summed E-state index contributed by atoms with van der Waals surface area (Å²) in [5.74, 6) is 4.83. The highest BCUT2D eigenvalue weighted by Crippen LogP contribution is 2.34. The molecule has 2 saturated heterocycles. The summed E-state index contributed by atoms with van der Waals surface area (Å²) in [5, 5.41) is 2.65. The van der Waals surface area contributed by atoms with E-state index in [4.69, 9.17) is 16.3 Å². The van der Waals surface area contributed by atoms with Gasteiger partial charge in [-0.3, -0.25) is 15.6 Å². The molecule has 236 valence electrons. The van der Waals surface area contributed by atoms with Gasteiger partial charge < -0.3 is 35.9 Å². The number of nitrogens with one attached hydrogen (secondary N) is 2. The Bertz CT molecular complexity index is 1450. The Kier molecular flexibility index (Phi) is 10.7. The van der Waals surface area contributed by atoms with E-state index in [1.54, 1.807) is 24.4 Å². The molecule has 0 aliphatic carbocycles. The number of amides is 1. The van der Waals surface area contributed by atoms with Gasteiger partial charge in [-0.2, -0.15) is 13.2 Å². The highest BCUT2D eigenvalue weighted by atomic mass is 19.4. The first-order valence-corrected chi connectivity index (χ1v) is 14.2. The van der Waals surface area contributed by atoms with Crippen molar-refractivity contribution in [2.75, 3.05) is 80.1 Å². The molecule has 2 aliphatic heterocycles. The summed E-state index contributed by atoms with van der Waals surface area (Å²) in [6, 6.07) is 10.6. The van der Waals surface area contributed by atoms with Gasteiger partial charge in [-0.05, 0) is 55.9 Å². The van der Waals surface area contributed by atoms with Crippen LogP contribution >= 0.6 is 0 Å². The number of aryl methyl sites for hydroxylation is 1. The van der Waals surface area contributed by atoms with Crippen molar-refractivity contribution in [3.63, 3.8) is 0 Å². The third-order valence-electron chi connectivity index (χ3n) is 7.50. The van der Waals surface area contributed by atoms with Crippen molar-refractivity contribution in [3.8, 4) is 0 Å². The van der Waals surface area contributed by atoms with Gasteiger partial charge in [0.1, 0.15) is 0 Å². The van der Waals surface area contributed by atoms with E-state index in [0.717, 1.165) is 68.3 Å². The van der Waals surface area contributed by atoms with Crippen LogP contribution < -0.4 is 32.1 Å². The first kappa shape index (κ1) is 32.6. The molecule has 5 rings (SSSR count). The summed E-state index contributed by atoms with van der Waals surface area (Å²) in [6.45, 7) is 11.6. The first-order chi connectivity index (χ1) is 20.9. The molecule has 0 atom stereocenters. The van der Waals surface area contributed by atoms with E-state index >= 15 is 0 Å². The SMILES string of the molecule is C=C(N)c1cncc(N2CCOCC2)c1.Cc1ccc(NC(=O)c2cc(N3CCN(C)CC3)cc(C(F)(F)F)c2)cc1NN. The molecule has 0 unspecified atom stereocenters. The maximum atomic E-state index is 13.4. The first-order valence-electron chi connectivity index (χ1n) is 14.2. The molecule has 2 fully saturated rings. The predicted octanol–water partition coefficient (Wildman–Crippen LogP) is 4.15. The topological polar surface area (TPSA) is 125 Å². The van der Waals surface area contributed by atoms with Crippen molar-refractivity contribution >= 4 is 34.4 Å². The van der Waals surface area contributed by atoms with E-state index < -0.39 is 17.6 Å². The molecule has 3 heterocycles. The number of halogens is 3. The molecule has 13 heteroatoms. The number of anilines is 4. The number of aromatic nitrogens is 1. The second-order valence-corrected chi connectivity index (χ2v) is 10.7. The number of carbonyl (C=O) groups excluding carboxylic acids is 1. The van der Waals surface area contributed by atoms with Crippen LogP contribution in [0.3, 0.4) is 0 Å². The van der Waals surface area contributed by atoms with Crippen LogP contribution in [0.1, 0.15) is 27.0 Å². The van der Waals surface area contributed by atoms with Gasteiger partial charge in [-0.1, -0.05) is 12.6 Å². The standard InChI is InChI=1S/C20H24F3N5O.C11H15N3O/c1-13-3-4-16(12-18(13)26-24)25-19(29)14-9-15(20(21,22)23)11-17(10-14)28-7-5-27(2)6-8-28;1-9(12)10-6-11(8-13-7-10)14-2-4-15-5-3-14/h3-4,9-12,26H,5-8,24H2,1-2H3,(H,25,29);6-8H,1-5,12H2. The molecule has 0 saturated carbocycles. The lowest BCUT2D eigenvalue weighted by atomic mass is 10.1. The number of carbonyl (C=O) groups is 1. The van der Waals surface area contributed by atoms with Gasteiger partial charge >= 0.3 is 6.18 Å². The highest BCUT2D eigenvalue weighted by Gasteiger charge is 2.32. The summed E-state index contributed by atoms with van der Waals surface area (Å²) >= 11 is 0. The minimum atomic E-state index is -4.54. The summed E-state index contributed by atoms with van der Waals surface area (Å²) in [7, 11) is 1.97. The Morgan fingerprint density at radius 1 is 0.932 bits per heavy atom. The molecule has 1 amide bonds. The number of benzene rings is 2. The normalized spacial score (nSPS) is 15.7. The van der Waals surface area contributed by atoms with Crippen LogP contribution in [0.15, 0.2) is 61.4 Å². The number of pyridine rings is 1. The Hall–Kier alpha value is -4.33. The van der Waals surface area contributed by atoms with E-state index in [2.05, 4.69) is 32.1 Å². The zero-order valence-corrected chi connectivity index (χ0v) is 25.0. The molecule has 0 spiro atoms. The van der Waals surface area contributed by atoms with Crippen molar-refractivity contribution in [2.45, 2.75) is 13.1 Å². The Balaban J connectivity index is 0.000000246. The van der Waals surface area contributed by atoms with Crippen LogP contribution in [0.5, 0.6) is 0 Å². The summed E-state index contributed by atoms with van der Waals surface area (Å²) < 4.78 is 45.6. The fourth-order valence-electron chi connectivity index (χ4n) is 4.81. The average molecular weight is 613 g/mol. The molecule has 44 heavy (non-hydrogen) atoms. The van der Waals surface area contributed by atoms with Gasteiger partial charge in [0.05, 0.1) is 36.3 Å². The number of alkyl halides is 3. The van der Waals surface area contributed by atoms with Gasteiger partial charge in [0.2, 0.25) is 0 Å². The molecule has 2 aromatic carbocycles. The van der Waals surface area contributed by atoms with E-state index in [-0.39, 0.29) is 5.56 Å². The van der Waals surface area contributed by atoms with Crippen LogP contribution in [0.25, 0.3) is 5.70 Å². The molecule has 0 radical (unpaired) electrons. The summed E-state index contributed by atoms with van der Waals surface area (Å²) in [4.78, 5) is 23.1. The third kappa shape index (κ3) is 8.62. The number of hydrogen-bond donors (Lipinski definition) is 4. The number of morpholine rings is 1. The largest absolute Gasteiger partial charge is 0.416 e. The van der Waals surface area contributed by atoms with Gasteiger partial charge in [0.25, 0.3) is 5.91 Å². The maximum Gasteiger partial charge on any atom is 0.416 e. The van der Waals surface area contributed by atoms with Gasteiger partial charge in [0.15, 0.2) is 0 Å². The monoisotopic (exact) mass is 612 g/mol. The molecule has 10 nitrogen and oxygen atoms in total. The minimum Gasteiger partial charge on any atom is -0.399 e. The molecular weight excluding hydrogens is 573 g/mol.